The Morgan fingerprint density at radius 2 is 2.00 bits per heavy atom. The zero-order valence-corrected chi connectivity index (χ0v) is 6.97. The second kappa shape index (κ2) is 2.57. The lowest BCUT2D eigenvalue weighted by molar-refractivity contribution is -0.152. The molecule has 66 valence electrons. The molecule has 0 radical (unpaired) electrons. The fraction of sp³-hybridized carbons (Fsp3) is 0.778. The number of Topliss-reactive ketones (excluding diaryl/α,β-unsaturated/α-hetero) is 1. The summed E-state index contributed by atoms with van der Waals surface area (Å²) >= 11 is 0. The van der Waals surface area contributed by atoms with Crippen molar-refractivity contribution in [3.8, 4) is 0 Å². The molecule has 0 amide bonds. The van der Waals surface area contributed by atoms with E-state index in [9.17, 15) is 9.59 Å². The molecule has 3 nitrogen and oxygen atoms in total. The van der Waals surface area contributed by atoms with Crippen LogP contribution in [0.3, 0.4) is 0 Å². The predicted molar refractivity (Wildman–Crippen MR) is 41.5 cm³/mol. The van der Waals surface area contributed by atoms with Crippen LogP contribution in [0, 0.1) is 0 Å². The largest absolute Gasteiger partial charge is 0.459 e. The van der Waals surface area contributed by atoms with Gasteiger partial charge in [0.15, 0.2) is 0 Å². The zero-order valence-electron chi connectivity index (χ0n) is 6.97. The number of rotatable bonds is 0. The number of hydrogen-bond acceptors (Lipinski definition) is 3. The van der Waals surface area contributed by atoms with Crippen molar-refractivity contribution in [3.63, 3.8) is 0 Å². The monoisotopic (exact) mass is 168 g/mol. The van der Waals surface area contributed by atoms with Gasteiger partial charge in [0, 0.05) is 19.3 Å². The first-order valence-electron chi connectivity index (χ1n) is 4.44. The minimum absolute atomic E-state index is 0.135. The van der Waals surface area contributed by atoms with Gasteiger partial charge in [-0.15, -0.1) is 0 Å². The van der Waals surface area contributed by atoms with E-state index in [1.54, 1.807) is 0 Å². The first-order valence-corrected chi connectivity index (χ1v) is 4.44. The number of ether oxygens (including phenoxy) is 1. The number of hydrogen-bond donors (Lipinski definition) is 0. The Hall–Kier alpha value is -0.860. The third kappa shape index (κ3) is 1.24. The molecule has 1 spiro atoms. The molecule has 2 fully saturated rings. The van der Waals surface area contributed by atoms with Crippen LogP contribution in [0.4, 0.5) is 0 Å². The van der Waals surface area contributed by atoms with E-state index in [-0.39, 0.29) is 17.4 Å². The highest BCUT2D eigenvalue weighted by Gasteiger charge is 2.43. The van der Waals surface area contributed by atoms with E-state index >= 15 is 0 Å². The van der Waals surface area contributed by atoms with Crippen molar-refractivity contribution >= 4 is 11.8 Å². The van der Waals surface area contributed by atoms with Gasteiger partial charge in [-0.2, -0.15) is 0 Å². The van der Waals surface area contributed by atoms with Gasteiger partial charge in [-0.25, -0.2) is 0 Å². The molecule has 1 saturated carbocycles. The van der Waals surface area contributed by atoms with Crippen LogP contribution in [-0.2, 0) is 14.3 Å². The summed E-state index contributed by atoms with van der Waals surface area (Å²) in [5.74, 6) is 0.112. The molecule has 12 heavy (non-hydrogen) atoms. The SMILES string of the molecule is O=C1CCCC2(CCC(=O)O2)C1. The van der Waals surface area contributed by atoms with E-state index < -0.39 is 0 Å². The minimum atomic E-state index is -0.383. The molecule has 1 unspecified atom stereocenters. The van der Waals surface area contributed by atoms with Gasteiger partial charge in [-0.05, 0) is 19.3 Å². The molecular formula is C9H12O3. The smallest absolute Gasteiger partial charge is 0.306 e. The van der Waals surface area contributed by atoms with Gasteiger partial charge in [0.2, 0.25) is 0 Å². The Balaban J connectivity index is 2.10. The normalized spacial score (nSPS) is 35.7. The van der Waals surface area contributed by atoms with E-state index in [1.807, 2.05) is 0 Å². The zero-order chi connectivity index (χ0) is 8.60. The van der Waals surface area contributed by atoms with E-state index in [4.69, 9.17) is 4.74 Å². The van der Waals surface area contributed by atoms with Crippen LogP contribution in [-0.4, -0.2) is 17.4 Å². The van der Waals surface area contributed by atoms with Gasteiger partial charge in [-0.3, -0.25) is 9.59 Å². The van der Waals surface area contributed by atoms with Crippen molar-refractivity contribution < 1.29 is 14.3 Å². The first-order chi connectivity index (χ1) is 5.70. The van der Waals surface area contributed by atoms with Crippen molar-refractivity contribution in [2.24, 2.45) is 0 Å². The van der Waals surface area contributed by atoms with Crippen LogP contribution in [0.2, 0.25) is 0 Å². The Kier molecular flexibility index (Phi) is 1.67. The van der Waals surface area contributed by atoms with Gasteiger partial charge >= 0.3 is 5.97 Å². The van der Waals surface area contributed by atoms with Crippen molar-refractivity contribution in [3.05, 3.63) is 0 Å². The summed E-state index contributed by atoms with van der Waals surface area (Å²) in [5, 5.41) is 0. The summed E-state index contributed by atoms with van der Waals surface area (Å²) in [5.41, 5.74) is -0.383. The predicted octanol–water partition coefficient (Wildman–Crippen LogP) is 1.21. The lowest BCUT2D eigenvalue weighted by Crippen LogP contribution is -2.35. The lowest BCUT2D eigenvalue weighted by Gasteiger charge is -2.30. The highest BCUT2D eigenvalue weighted by atomic mass is 16.6. The second-order valence-corrected chi connectivity index (χ2v) is 3.73. The lowest BCUT2D eigenvalue weighted by atomic mass is 9.82. The van der Waals surface area contributed by atoms with Gasteiger partial charge in [0.25, 0.3) is 0 Å². The molecule has 0 N–H and O–H groups in total. The molecule has 1 atom stereocenters. The molecule has 1 aliphatic carbocycles. The van der Waals surface area contributed by atoms with Crippen molar-refractivity contribution in [2.75, 3.05) is 0 Å². The molecule has 2 rings (SSSR count). The average molecular weight is 168 g/mol. The third-order valence-corrected chi connectivity index (χ3v) is 2.72. The van der Waals surface area contributed by atoms with Crippen molar-refractivity contribution in [1.29, 1.82) is 0 Å². The van der Waals surface area contributed by atoms with E-state index in [0.29, 0.717) is 19.3 Å². The number of esters is 1. The maximum absolute atomic E-state index is 11.1. The molecule has 0 bridgehead atoms. The Labute approximate surface area is 71.1 Å². The quantitative estimate of drug-likeness (QED) is 0.510. The minimum Gasteiger partial charge on any atom is -0.459 e. The molecule has 1 aliphatic heterocycles. The summed E-state index contributed by atoms with van der Waals surface area (Å²) in [6.07, 6.45) is 4.12. The van der Waals surface area contributed by atoms with E-state index in [1.165, 1.54) is 0 Å². The maximum Gasteiger partial charge on any atom is 0.306 e. The molecule has 2 aliphatic rings. The summed E-state index contributed by atoms with van der Waals surface area (Å²) in [6, 6.07) is 0. The summed E-state index contributed by atoms with van der Waals surface area (Å²) in [7, 11) is 0. The Morgan fingerprint density at radius 1 is 1.17 bits per heavy atom. The van der Waals surface area contributed by atoms with Crippen LogP contribution in [0.5, 0.6) is 0 Å². The number of carbonyl (C=O) groups is 2. The van der Waals surface area contributed by atoms with Crippen molar-refractivity contribution in [2.45, 2.75) is 44.1 Å². The van der Waals surface area contributed by atoms with Crippen LogP contribution in [0.1, 0.15) is 38.5 Å². The van der Waals surface area contributed by atoms with Crippen LogP contribution in [0.15, 0.2) is 0 Å². The van der Waals surface area contributed by atoms with Gasteiger partial charge in [0.1, 0.15) is 11.4 Å². The van der Waals surface area contributed by atoms with Crippen LogP contribution in [0.25, 0.3) is 0 Å². The van der Waals surface area contributed by atoms with Crippen LogP contribution >= 0.6 is 0 Å². The highest BCUT2D eigenvalue weighted by Crippen LogP contribution is 2.38. The molecule has 0 aromatic carbocycles. The van der Waals surface area contributed by atoms with Crippen LogP contribution < -0.4 is 0 Å². The second-order valence-electron chi connectivity index (χ2n) is 3.73. The topological polar surface area (TPSA) is 43.4 Å². The summed E-state index contributed by atoms with van der Waals surface area (Å²) < 4.78 is 5.20. The molecule has 0 aromatic heterocycles. The highest BCUT2D eigenvalue weighted by molar-refractivity contribution is 5.82. The Morgan fingerprint density at radius 3 is 2.58 bits per heavy atom. The molecular weight excluding hydrogens is 156 g/mol. The van der Waals surface area contributed by atoms with E-state index in [2.05, 4.69) is 0 Å². The first kappa shape index (κ1) is 7.77. The Bertz CT molecular complexity index is 234. The summed E-state index contributed by atoms with van der Waals surface area (Å²) in [4.78, 5) is 22.0. The fourth-order valence-corrected chi connectivity index (χ4v) is 2.12. The van der Waals surface area contributed by atoms with Gasteiger partial charge in [-0.1, -0.05) is 0 Å². The van der Waals surface area contributed by atoms with Gasteiger partial charge < -0.3 is 4.74 Å². The van der Waals surface area contributed by atoms with Gasteiger partial charge in [0.05, 0.1) is 0 Å². The molecule has 0 aromatic rings. The third-order valence-electron chi connectivity index (χ3n) is 2.72. The fourth-order valence-electron chi connectivity index (χ4n) is 2.12. The summed E-state index contributed by atoms with van der Waals surface area (Å²) in [6.45, 7) is 0. The number of carbonyl (C=O) groups excluding carboxylic acids is 2. The number of ketones is 1. The molecule has 1 heterocycles. The van der Waals surface area contributed by atoms with E-state index in [0.717, 1.165) is 19.3 Å². The standard InChI is InChI=1S/C9H12O3/c10-7-2-1-4-9(6-7)5-3-8(11)12-9/h1-6H2. The maximum atomic E-state index is 11.1. The van der Waals surface area contributed by atoms with Crippen molar-refractivity contribution in [1.82, 2.24) is 0 Å². The molecule has 1 saturated heterocycles. The molecule has 3 heteroatoms. The average Bonchev–Trinajstić information content (AvgIpc) is 2.32.